The van der Waals surface area contributed by atoms with Gasteiger partial charge in [0.05, 0.1) is 17.1 Å². The second-order valence-corrected chi connectivity index (χ2v) is 8.09. The molecule has 0 aliphatic heterocycles. The van der Waals surface area contributed by atoms with Crippen molar-refractivity contribution < 1.29 is 4.79 Å². The van der Waals surface area contributed by atoms with Gasteiger partial charge in [-0.3, -0.25) is 4.57 Å². The van der Waals surface area contributed by atoms with Gasteiger partial charge >= 0.3 is 11.7 Å². The highest BCUT2D eigenvalue weighted by atomic mass is 32.1. The van der Waals surface area contributed by atoms with Crippen LogP contribution in [0.25, 0.3) is 16.3 Å². The van der Waals surface area contributed by atoms with Crippen LogP contribution in [0.2, 0.25) is 0 Å². The van der Waals surface area contributed by atoms with Crippen molar-refractivity contribution in [2.75, 3.05) is 11.9 Å². The molecule has 4 aromatic rings. The van der Waals surface area contributed by atoms with Gasteiger partial charge in [0, 0.05) is 35.8 Å². The summed E-state index contributed by atoms with van der Waals surface area (Å²) in [4.78, 5) is 31.8. The Morgan fingerprint density at radius 3 is 2.65 bits per heavy atom. The molecular weight excluding hydrogens is 410 g/mol. The number of carbonyl (C=O) groups is 1. The van der Waals surface area contributed by atoms with Crippen LogP contribution in [0.3, 0.4) is 0 Å². The number of urea groups is 1. The number of aromatic amines is 1. The summed E-state index contributed by atoms with van der Waals surface area (Å²) in [5.74, 6) is 0. The molecule has 7 nitrogen and oxygen atoms in total. The van der Waals surface area contributed by atoms with E-state index in [-0.39, 0.29) is 11.7 Å². The number of nitrogens with zero attached hydrogens (tertiary/aromatic N) is 2. The number of thiazole rings is 1. The molecule has 0 unspecified atom stereocenters. The highest BCUT2D eigenvalue weighted by Crippen LogP contribution is 2.24. The van der Waals surface area contributed by atoms with Gasteiger partial charge in [-0.2, -0.15) is 0 Å². The molecule has 4 rings (SSSR count). The molecule has 0 saturated carbocycles. The number of anilines is 1. The molecule has 0 spiro atoms. The Morgan fingerprint density at radius 2 is 1.90 bits per heavy atom. The number of aryl methyl sites for hydroxylation is 2. The van der Waals surface area contributed by atoms with Gasteiger partial charge in [-0.15, -0.1) is 11.3 Å². The predicted octanol–water partition coefficient (Wildman–Crippen LogP) is 4.27. The molecule has 2 aromatic carbocycles. The van der Waals surface area contributed by atoms with E-state index in [9.17, 15) is 9.59 Å². The molecule has 31 heavy (non-hydrogen) atoms. The zero-order valence-electron chi connectivity index (χ0n) is 17.3. The highest BCUT2D eigenvalue weighted by molar-refractivity contribution is 7.13. The van der Waals surface area contributed by atoms with Gasteiger partial charge in [0.1, 0.15) is 5.01 Å². The van der Waals surface area contributed by atoms with Gasteiger partial charge in [-0.1, -0.05) is 42.0 Å². The molecule has 3 N–H and O–H groups in total. The lowest BCUT2D eigenvalue weighted by Crippen LogP contribution is -2.31. The largest absolute Gasteiger partial charge is 0.337 e. The second-order valence-electron chi connectivity index (χ2n) is 7.23. The monoisotopic (exact) mass is 433 g/mol. The summed E-state index contributed by atoms with van der Waals surface area (Å²) in [6, 6.07) is 15.1. The summed E-state index contributed by atoms with van der Waals surface area (Å²) in [5, 5.41) is 8.68. The average Bonchev–Trinajstić information content (AvgIpc) is 3.36. The third kappa shape index (κ3) is 4.75. The maximum absolute atomic E-state index is 12.4. The van der Waals surface area contributed by atoms with Crippen LogP contribution in [0, 0.1) is 13.8 Å². The van der Waals surface area contributed by atoms with Crippen molar-refractivity contribution in [2.45, 2.75) is 20.3 Å². The predicted molar refractivity (Wildman–Crippen MR) is 124 cm³/mol. The fourth-order valence-corrected chi connectivity index (χ4v) is 4.11. The van der Waals surface area contributed by atoms with Crippen molar-refractivity contribution in [3.63, 3.8) is 0 Å². The lowest BCUT2D eigenvalue weighted by Gasteiger charge is -2.13. The summed E-state index contributed by atoms with van der Waals surface area (Å²) in [6.45, 7) is 4.34. The number of carbonyl (C=O) groups excluding carboxylic acids is 1. The summed E-state index contributed by atoms with van der Waals surface area (Å²) in [6.07, 6.45) is 2.27. The quantitative estimate of drug-likeness (QED) is 0.424. The van der Waals surface area contributed by atoms with Gasteiger partial charge in [0.25, 0.3) is 0 Å². The lowest BCUT2D eigenvalue weighted by atomic mass is 10.2. The third-order valence-corrected chi connectivity index (χ3v) is 5.81. The standard InChI is InChI=1S/C23H23N5O2S/c1-15-7-9-17(10-8-15)21-26-18(14-31-21)11-12-24-22(29)27-19-5-3-4-6-20(19)28-16(2)13-25-23(28)30/h3-10,13-14H,11-12H2,1-2H3,(H,25,30)(H2,24,27,29). The van der Waals surface area contributed by atoms with Crippen LogP contribution < -0.4 is 16.3 Å². The topological polar surface area (TPSA) is 91.8 Å². The van der Waals surface area contributed by atoms with Crippen LogP contribution in [0.5, 0.6) is 0 Å². The zero-order valence-corrected chi connectivity index (χ0v) is 18.1. The molecule has 0 aliphatic rings. The zero-order chi connectivity index (χ0) is 21.8. The average molecular weight is 434 g/mol. The normalized spacial score (nSPS) is 10.8. The Labute approximate surface area is 183 Å². The number of hydrogen-bond donors (Lipinski definition) is 3. The van der Waals surface area contributed by atoms with Gasteiger partial charge in [0.15, 0.2) is 0 Å². The highest BCUT2D eigenvalue weighted by Gasteiger charge is 2.12. The number of hydrogen-bond acceptors (Lipinski definition) is 4. The first kappa shape index (κ1) is 20.6. The molecule has 8 heteroatoms. The molecule has 2 heterocycles. The molecule has 0 atom stereocenters. The number of para-hydroxylation sites is 2. The van der Waals surface area contributed by atoms with Crippen molar-refractivity contribution in [2.24, 2.45) is 0 Å². The minimum absolute atomic E-state index is 0.250. The molecule has 0 aliphatic carbocycles. The minimum Gasteiger partial charge on any atom is -0.337 e. The van der Waals surface area contributed by atoms with Crippen molar-refractivity contribution in [3.8, 4) is 16.3 Å². The van der Waals surface area contributed by atoms with E-state index >= 15 is 0 Å². The van der Waals surface area contributed by atoms with E-state index in [1.54, 1.807) is 29.7 Å². The van der Waals surface area contributed by atoms with Crippen LogP contribution in [-0.4, -0.2) is 27.1 Å². The summed E-state index contributed by atoms with van der Waals surface area (Å²) < 4.78 is 1.53. The Hall–Kier alpha value is -3.65. The van der Waals surface area contributed by atoms with Crippen LogP contribution in [0.4, 0.5) is 10.5 Å². The van der Waals surface area contributed by atoms with E-state index in [2.05, 4.69) is 51.8 Å². The fraction of sp³-hybridized carbons (Fsp3) is 0.174. The van der Waals surface area contributed by atoms with Crippen LogP contribution in [0.1, 0.15) is 17.0 Å². The third-order valence-electron chi connectivity index (χ3n) is 4.87. The molecule has 2 amide bonds. The van der Waals surface area contributed by atoms with E-state index in [0.29, 0.717) is 24.3 Å². The Balaban J connectivity index is 1.36. The van der Waals surface area contributed by atoms with Crippen LogP contribution >= 0.6 is 11.3 Å². The summed E-state index contributed by atoms with van der Waals surface area (Å²) in [7, 11) is 0. The first-order valence-corrected chi connectivity index (χ1v) is 10.8. The SMILES string of the molecule is Cc1ccc(-c2nc(CCNC(=O)Nc3ccccc3-n3c(C)c[nH]c3=O)cs2)cc1. The molecule has 0 bridgehead atoms. The second kappa shape index (κ2) is 9.01. The molecule has 158 valence electrons. The van der Waals surface area contributed by atoms with Gasteiger partial charge < -0.3 is 15.6 Å². The molecule has 0 fully saturated rings. The maximum atomic E-state index is 12.4. The Kier molecular flexibility index (Phi) is 5.99. The van der Waals surface area contributed by atoms with Crippen LogP contribution in [-0.2, 0) is 6.42 Å². The minimum atomic E-state index is -0.331. The number of imidazole rings is 1. The van der Waals surface area contributed by atoms with Crippen molar-refractivity contribution in [1.82, 2.24) is 19.9 Å². The summed E-state index contributed by atoms with van der Waals surface area (Å²) >= 11 is 1.60. The van der Waals surface area contributed by atoms with Crippen LogP contribution in [0.15, 0.2) is 64.9 Å². The van der Waals surface area contributed by atoms with E-state index in [1.807, 2.05) is 24.4 Å². The van der Waals surface area contributed by atoms with Crippen molar-refractivity contribution in [3.05, 3.63) is 87.5 Å². The Bertz CT molecular complexity index is 1250. The molecule has 0 saturated heterocycles. The van der Waals surface area contributed by atoms with E-state index < -0.39 is 0 Å². The van der Waals surface area contributed by atoms with E-state index in [0.717, 1.165) is 22.0 Å². The molecule has 2 aromatic heterocycles. The molecule has 0 radical (unpaired) electrons. The number of aromatic nitrogens is 3. The number of H-pyrrole nitrogens is 1. The number of amides is 2. The molecular formula is C23H23N5O2S. The lowest BCUT2D eigenvalue weighted by molar-refractivity contribution is 0.252. The number of benzene rings is 2. The summed E-state index contributed by atoms with van der Waals surface area (Å²) in [5.41, 5.74) is 4.93. The smallest absolute Gasteiger partial charge is 0.330 e. The van der Waals surface area contributed by atoms with Crippen molar-refractivity contribution >= 4 is 23.1 Å². The Morgan fingerprint density at radius 1 is 1.13 bits per heavy atom. The number of nitrogens with one attached hydrogen (secondary N) is 3. The first-order chi connectivity index (χ1) is 15.0. The first-order valence-electron chi connectivity index (χ1n) is 9.94. The number of rotatable bonds is 6. The fourth-order valence-electron chi connectivity index (χ4n) is 3.25. The van der Waals surface area contributed by atoms with Gasteiger partial charge in [-0.05, 0) is 26.0 Å². The van der Waals surface area contributed by atoms with Crippen molar-refractivity contribution in [1.29, 1.82) is 0 Å². The maximum Gasteiger partial charge on any atom is 0.330 e. The van der Waals surface area contributed by atoms with Gasteiger partial charge in [0.2, 0.25) is 0 Å². The van der Waals surface area contributed by atoms with E-state index in [1.165, 1.54) is 10.1 Å². The van der Waals surface area contributed by atoms with Gasteiger partial charge in [-0.25, -0.2) is 14.6 Å². The van der Waals surface area contributed by atoms with E-state index in [4.69, 9.17) is 0 Å².